The van der Waals surface area contributed by atoms with Gasteiger partial charge in [-0.25, -0.2) is 9.78 Å². The van der Waals surface area contributed by atoms with Crippen LogP contribution in [0.1, 0.15) is 10.5 Å². The summed E-state index contributed by atoms with van der Waals surface area (Å²) >= 11 is 6.90. The van der Waals surface area contributed by atoms with Crippen molar-refractivity contribution in [3.8, 4) is 0 Å². The third kappa shape index (κ3) is 5.26. The number of amides is 1. The first-order valence-electron chi connectivity index (χ1n) is 7.12. The molecule has 0 saturated heterocycles. The average Bonchev–Trinajstić information content (AvgIpc) is 3.08. The highest BCUT2D eigenvalue weighted by atomic mass is 35.5. The molecule has 136 valence electrons. The number of anilines is 2. The summed E-state index contributed by atoms with van der Waals surface area (Å²) < 4.78 is 4.87. The number of esters is 1. The van der Waals surface area contributed by atoms with Crippen molar-refractivity contribution in [3.05, 3.63) is 57.1 Å². The SMILES string of the molecule is C=CCNc1nc(C(=O)OCC(=O)Nc2ccc(Cl)c([N+](=O)[O-])c2)cs1. The van der Waals surface area contributed by atoms with Crippen LogP contribution in [0, 0.1) is 10.1 Å². The summed E-state index contributed by atoms with van der Waals surface area (Å²) in [7, 11) is 0. The van der Waals surface area contributed by atoms with Crippen LogP contribution in [-0.4, -0.2) is 34.9 Å². The Hall–Kier alpha value is -2.98. The van der Waals surface area contributed by atoms with Crippen LogP contribution in [0.4, 0.5) is 16.5 Å². The zero-order chi connectivity index (χ0) is 19.1. The highest BCUT2D eigenvalue weighted by Gasteiger charge is 2.16. The highest BCUT2D eigenvalue weighted by Crippen LogP contribution is 2.27. The molecule has 0 radical (unpaired) electrons. The van der Waals surface area contributed by atoms with Gasteiger partial charge in [0.1, 0.15) is 5.02 Å². The van der Waals surface area contributed by atoms with E-state index in [4.69, 9.17) is 16.3 Å². The molecule has 0 bridgehead atoms. The fraction of sp³-hybridized carbons (Fsp3) is 0.133. The van der Waals surface area contributed by atoms with Gasteiger partial charge in [-0.2, -0.15) is 0 Å². The summed E-state index contributed by atoms with van der Waals surface area (Å²) in [5.41, 5.74) is -0.119. The number of thiazole rings is 1. The van der Waals surface area contributed by atoms with Crippen LogP contribution in [0.2, 0.25) is 5.02 Å². The lowest BCUT2D eigenvalue weighted by atomic mass is 10.3. The molecule has 2 N–H and O–H groups in total. The monoisotopic (exact) mass is 396 g/mol. The number of carbonyl (C=O) groups excluding carboxylic acids is 2. The fourth-order valence-corrected chi connectivity index (χ4v) is 2.62. The summed E-state index contributed by atoms with van der Waals surface area (Å²) in [5, 5.41) is 18.1. The molecule has 2 aromatic rings. The topological polar surface area (TPSA) is 123 Å². The molecule has 0 spiro atoms. The van der Waals surface area contributed by atoms with Gasteiger partial charge in [0.05, 0.1) is 4.92 Å². The number of aromatic nitrogens is 1. The van der Waals surface area contributed by atoms with E-state index in [0.717, 1.165) is 6.07 Å². The number of ether oxygens (including phenoxy) is 1. The summed E-state index contributed by atoms with van der Waals surface area (Å²) in [6.45, 7) is 3.48. The first kappa shape index (κ1) is 19.3. The number of benzene rings is 1. The molecular formula is C15H13ClN4O5S. The van der Waals surface area contributed by atoms with E-state index >= 15 is 0 Å². The Labute approximate surface area is 156 Å². The van der Waals surface area contributed by atoms with Crippen molar-refractivity contribution in [2.75, 3.05) is 23.8 Å². The number of nitro groups is 1. The fourth-order valence-electron chi connectivity index (χ4n) is 1.74. The Morgan fingerprint density at radius 2 is 2.23 bits per heavy atom. The summed E-state index contributed by atoms with van der Waals surface area (Å²) in [4.78, 5) is 37.9. The maximum atomic E-state index is 11.9. The van der Waals surface area contributed by atoms with E-state index in [2.05, 4.69) is 22.2 Å². The minimum Gasteiger partial charge on any atom is -0.451 e. The number of nitrogens with one attached hydrogen (secondary N) is 2. The van der Waals surface area contributed by atoms with Gasteiger partial charge in [0, 0.05) is 23.7 Å². The molecule has 2 rings (SSSR count). The van der Waals surface area contributed by atoms with Gasteiger partial charge < -0.3 is 15.4 Å². The molecule has 11 heteroatoms. The average molecular weight is 397 g/mol. The van der Waals surface area contributed by atoms with Gasteiger partial charge in [-0.1, -0.05) is 17.7 Å². The van der Waals surface area contributed by atoms with Crippen LogP contribution < -0.4 is 10.6 Å². The Kier molecular flexibility index (Phi) is 6.64. The van der Waals surface area contributed by atoms with E-state index in [9.17, 15) is 19.7 Å². The Bertz CT molecular complexity index is 854. The Morgan fingerprint density at radius 1 is 1.46 bits per heavy atom. The van der Waals surface area contributed by atoms with E-state index in [-0.39, 0.29) is 22.1 Å². The zero-order valence-electron chi connectivity index (χ0n) is 13.2. The van der Waals surface area contributed by atoms with Crippen LogP contribution in [0.25, 0.3) is 0 Å². The molecule has 1 aromatic carbocycles. The third-order valence-corrected chi connectivity index (χ3v) is 3.99. The number of halogens is 1. The molecule has 0 aliphatic carbocycles. The van der Waals surface area contributed by atoms with Crippen molar-refractivity contribution >= 4 is 51.3 Å². The van der Waals surface area contributed by atoms with Crippen LogP contribution in [0.5, 0.6) is 0 Å². The molecule has 0 unspecified atom stereocenters. The molecule has 1 amide bonds. The maximum absolute atomic E-state index is 11.9. The summed E-state index contributed by atoms with van der Waals surface area (Å²) in [6.07, 6.45) is 1.64. The number of nitrogens with zero attached hydrogens (tertiary/aromatic N) is 2. The first-order chi connectivity index (χ1) is 12.4. The molecule has 1 heterocycles. The quantitative estimate of drug-likeness (QED) is 0.304. The van der Waals surface area contributed by atoms with Crippen molar-refractivity contribution in [1.29, 1.82) is 0 Å². The number of hydrogen-bond acceptors (Lipinski definition) is 8. The largest absolute Gasteiger partial charge is 0.451 e. The molecule has 26 heavy (non-hydrogen) atoms. The van der Waals surface area contributed by atoms with E-state index in [1.807, 2.05) is 0 Å². The van der Waals surface area contributed by atoms with Crippen molar-refractivity contribution in [2.45, 2.75) is 0 Å². The first-order valence-corrected chi connectivity index (χ1v) is 8.37. The smallest absolute Gasteiger partial charge is 0.358 e. The van der Waals surface area contributed by atoms with Crippen LogP contribution in [-0.2, 0) is 9.53 Å². The Balaban J connectivity index is 1.89. The maximum Gasteiger partial charge on any atom is 0.358 e. The number of nitro benzene ring substituents is 1. The lowest BCUT2D eigenvalue weighted by molar-refractivity contribution is -0.384. The predicted octanol–water partition coefficient (Wildman–Crippen LogP) is 3.10. The standard InChI is InChI=1S/C15H13ClN4O5S/c1-2-5-17-15-19-11(8-26-15)14(22)25-7-13(21)18-9-3-4-10(16)12(6-9)20(23)24/h2-4,6,8H,1,5,7H2,(H,17,19)(H,18,21). The van der Waals surface area contributed by atoms with E-state index < -0.39 is 23.4 Å². The van der Waals surface area contributed by atoms with Gasteiger partial charge in [0.25, 0.3) is 11.6 Å². The normalized spacial score (nSPS) is 10.0. The molecule has 9 nitrogen and oxygen atoms in total. The van der Waals surface area contributed by atoms with Crippen molar-refractivity contribution in [3.63, 3.8) is 0 Å². The number of hydrogen-bond donors (Lipinski definition) is 2. The van der Waals surface area contributed by atoms with Gasteiger partial charge in [-0.15, -0.1) is 17.9 Å². The van der Waals surface area contributed by atoms with Crippen molar-refractivity contribution in [1.82, 2.24) is 4.98 Å². The van der Waals surface area contributed by atoms with E-state index in [1.165, 1.54) is 28.8 Å². The molecule has 0 fully saturated rings. The Morgan fingerprint density at radius 3 is 2.92 bits per heavy atom. The van der Waals surface area contributed by atoms with Gasteiger partial charge in [-0.3, -0.25) is 14.9 Å². The van der Waals surface area contributed by atoms with Crippen LogP contribution >= 0.6 is 22.9 Å². The molecular weight excluding hydrogens is 384 g/mol. The van der Waals surface area contributed by atoms with Crippen LogP contribution in [0.15, 0.2) is 36.2 Å². The third-order valence-electron chi connectivity index (χ3n) is 2.87. The van der Waals surface area contributed by atoms with E-state index in [1.54, 1.807) is 6.08 Å². The van der Waals surface area contributed by atoms with Gasteiger partial charge in [0.15, 0.2) is 17.4 Å². The van der Waals surface area contributed by atoms with Gasteiger partial charge >= 0.3 is 5.97 Å². The molecule has 0 aliphatic heterocycles. The molecule has 0 saturated carbocycles. The molecule has 0 aliphatic rings. The second-order valence-electron chi connectivity index (χ2n) is 4.76. The number of carbonyl (C=O) groups is 2. The summed E-state index contributed by atoms with van der Waals surface area (Å²) in [5.74, 6) is -1.42. The second-order valence-corrected chi connectivity index (χ2v) is 6.02. The lowest BCUT2D eigenvalue weighted by Gasteiger charge is -2.06. The van der Waals surface area contributed by atoms with E-state index in [0.29, 0.717) is 11.7 Å². The van der Waals surface area contributed by atoms with Gasteiger partial charge in [0.2, 0.25) is 0 Å². The van der Waals surface area contributed by atoms with Gasteiger partial charge in [-0.05, 0) is 12.1 Å². The minimum absolute atomic E-state index is 0.0520. The zero-order valence-corrected chi connectivity index (χ0v) is 14.8. The lowest BCUT2D eigenvalue weighted by Crippen LogP contribution is -2.21. The second kappa shape index (κ2) is 8.92. The molecule has 0 atom stereocenters. The molecule has 1 aromatic heterocycles. The van der Waals surface area contributed by atoms with Crippen molar-refractivity contribution in [2.24, 2.45) is 0 Å². The number of rotatable bonds is 8. The predicted molar refractivity (Wildman–Crippen MR) is 97.8 cm³/mol. The van der Waals surface area contributed by atoms with Crippen molar-refractivity contribution < 1.29 is 19.2 Å². The van der Waals surface area contributed by atoms with Crippen LogP contribution in [0.3, 0.4) is 0 Å². The minimum atomic E-state index is -0.759. The summed E-state index contributed by atoms with van der Waals surface area (Å²) in [6, 6.07) is 3.79. The highest BCUT2D eigenvalue weighted by molar-refractivity contribution is 7.13.